The van der Waals surface area contributed by atoms with Gasteiger partial charge in [0, 0.05) is 1.37 Å². The third-order valence-corrected chi connectivity index (χ3v) is 4.96. The van der Waals surface area contributed by atoms with Crippen LogP contribution in [0.15, 0.2) is 0 Å². The summed E-state index contributed by atoms with van der Waals surface area (Å²) in [7, 11) is 0. The molecule has 0 aliphatic heterocycles. The van der Waals surface area contributed by atoms with Crippen molar-refractivity contribution in [3.05, 3.63) is 0 Å². The molecule has 100 valence electrons. The quantitative estimate of drug-likeness (QED) is 0.568. The molecule has 2 fully saturated rings. The Balaban J connectivity index is 2.21. The molecule has 0 N–H and O–H groups in total. The van der Waals surface area contributed by atoms with Crippen LogP contribution in [0.4, 0.5) is 0 Å². The molecule has 2 aliphatic rings. The van der Waals surface area contributed by atoms with Crippen LogP contribution in [-0.2, 0) is 0 Å². The minimum absolute atomic E-state index is 0.136. The Hall–Kier alpha value is 0. The monoisotopic (exact) mass is 237 g/mol. The Bertz CT molecular complexity index is 233. The molecule has 0 nitrogen and oxygen atoms in total. The van der Waals surface area contributed by atoms with Gasteiger partial charge in [0.15, 0.2) is 0 Å². The SMILES string of the molecule is [2H]C(C1CCCCC1)(C1CCCCC1)C(C)(C)C. The van der Waals surface area contributed by atoms with Crippen molar-refractivity contribution < 1.29 is 1.37 Å². The van der Waals surface area contributed by atoms with Gasteiger partial charge in [0.1, 0.15) is 0 Å². The molecular weight excluding hydrogens is 204 g/mol. The Morgan fingerprint density at radius 1 is 0.765 bits per heavy atom. The first kappa shape index (κ1) is 12.1. The van der Waals surface area contributed by atoms with E-state index in [-0.39, 0.29) is 11.3 Å². The van der Waals surface area contributed by atoms with Gasteiger partial charge in [0.25, 0.3) is 0 Å². The van der Waals surface area contributed by atoms with Crippen LogP contribution >= 0.6 is 0 Å². The Morgan fingerprint density at radius 3 is 1.41 bits per heavy atom. The summed E-state index contributed by atoms with van der Waals surface area (Å²) in [4.78, 5) is 0. The standard InChI is InChI=1S/C17H32/c1-17(2,3)16(14-10-6-4-7-11-14)15-12-8-5-9-13-15/h14-16H,4-13H2,1-3H3/i16D. The zero-order chi connectivity index (χ0) is 13.2. The summed E-state index contributed by atoms with van der Waals surface area (Å²) in [6.45, 7) is 6.97. The van der Waals surface area contributed by atoms with Gasteiger partial charge < -0.3 is 0 Å². The van der Waals surface area contributed by atoms with E-state index in [4.69, 9.17) is 0 Å². The summed E-state index contributed by atoms with van der Waals surface area (Å²) in [6.07, 6.45) is 13.6. The van der Waals surface area contributed by atoms with E-state index in [0.29, 0.717) is 11.8 Å². The molecule has 2 rings (SSSR count). The first-order valence-corrected chi connectivity index (χ1v) is 7.96. The van der Waals surface area contributed by atoms with Crippen molar-refractivity contribution in [1.29, 1.82) is 0 Å². The average molecular weight is 237 g/mol. The summed E-state index contributed by atoms with van der Waals surface area (Å²) in [5, 5.41) is 0. The van der Waals surface area contributed by atoms with Gasteiger partial charge in [-0.15, -0.1) is 0 Å². The van der Waals surface area contributed by atoms with Gasteiger partial charge >= 0.3 is 0 Å². The molecule has 17 heavy (non-hydrogen) atoms. The average Bonchev–Trinajstić information content (AvgIpc) is 2.38. The molecule has 0 heteroatoms. The van der Waals surface area contributed by atoms with E-state index < -0.39 is 0 Å². The summed E-state index contributed by atoms with van der Waals surface area (Å²) in [5.41, 5.74) is 0.136. The molecule has 2 saturated carbocycles. The molecule has 2 aliphatic carbocycles. The molecule has 0 heterocycles. The first-order chi connectivity index (χ1) is 8.46. The molecule has 0 aromatic carbocycles. The van der Waals surface area contributed by atoms with Gasteiger partial charge in [-0.2, -0.15) is 0 Å². The Morgan fingerprint density at radius 2 is 1.12 bits per heavy atom. The zero-order valence-electron chi connectivity index (χ0n) is 13.2. The summed E-state index contributed by atoms with van der Waals surface area (Å²) < 4.78 is 9.36. The predicted octanol–water partition coefficient (Wildman–Crippen LogP) is 5.81. The molecule has 0 aromatic rings. The van der Waals surface area contributed by atoms with Crippen LogP contribution in [-0.4, -0.2) is 0 Å². The lowest BCUT2D eigenvalue weighted by atomic mass is 9.60. The summed E-state index contributed by atoms with van der Waals surface area (Å²) in [6, 6.07) is 0. The Kier molecular flexibility index (Phi) is 4.08. The number of hydrogen-bond donors (Lipinski definition) is 0. The van der Waals surface area contributed by atoms with Crippen molar-refractivity contribution in [2.75, 3.05) is 0 Å². The number of hydrogen-bond acceptors (Lipinski definition) is 0. The topological polar surface area (TPSA) is 0 Å². The van der Waals surface area contributed by atoms with Crippen LogP contribution in [0.1, 0.15) is 86.4 Å². The fraction of sp³-hybridized carbons (Fsp3) is 1.00. The smallest absolute Gasteiger partial charge is 0.0314 e. The molecule has 0 bridgehead atoms. The molecule has 0 spiro atoms. The number of rotatable bonds is 2. The van der Waals surface area contributed by atoms with Crippen LogP contribution in [0.5, 0.6) is 0 Å². The molecule has 0 unspecified atom stereocenters. The molecule has 0 aromatic heterocycles. The highest BCUT2D eigenvalue weighted by molar-refractivity contribution is 4.88. The third kappa shape index (κ3) is 3.48. The van der Waals surface area contributed by atoms with Crippen molar-refractivity contribution >= 4 is 0 Å². The maximum absolute atomic E-state index is 9.36. The molecule has 0 radical (unpaired) electrons. The van der Waals surface area contributed by atoms with Crippen molar-refractivity contribution in [2.45, 2.75) is 85.0 Å². The van der Waals surface area contributed by atoms with Crippen molar-refractivity contribution in [3.8, 4) is 0 Å². The summed E-state index contributed by atoms with van der Waals surface area (Å²) >= 11 is 0. The maximum atomic E-state index is 9.36. The van der Waals surface area contributed by atoms with Crippen LogP contribution in [0.3, 0.4) is 0 Å². The van der Waals surface area contributed by atoms with Gasteiger partial charge in [-0.25, -0.2) is 0 Å². The van der Waals surface area contributed by atoms with Gasteiger partial charge in [-0.05, 0) is 23.1 Å². The molecule has 0 amide bonds. The second kappa shape index (κ2) is 5.76. The third-order valence-electron chi connectivity index (χ3n) is 4.96. The van der Waals surface area contributed by atoms with E-state index >= 15 is 0 Å². The van der Waals surface area contributed by atoms with Gasteiger partial charge in [0.2, 0.25) is 0 Å². The minimum Gasteiger partial charge on any atom is -0.0599 e. The van der Waals surface area contributed by atoms with E-state index in [1.165, 1.54) is 64.2 Å². The van der Waals surface area contributed by atoms with Crippen LogP contribution < -0.4 is 0 Å². The lowest BCUT2D eigenvalue weighted by Gasteiger charge is -2.45. The Labute approximate surface area is 110 Å². The van der Waals surface area contributed by atoms with Crippen molar-refractivity contribution in [2.24, 2.45) is 23.1 Å². The summed E-state index contributed by atoms with van der Waals surface area (Å²) in [5.74, 6) is 1.15. The van der Waals surface area contributed by atoms with Crippen molar-refractivity contribution in [1.82, 2.24) is 0 Å². The lowest BCUT2D eigenvalue weighted by Crippen LogP contribution is -2.36. The second-order valence-electron chi connectivity index (χ2n) is 7.38. The van der Waals surface area contributed by atoms with Gasteiger partial charge in [-0.1, -0.05) is 85.0 Å². The first-order valence-electron chi connectivity index (χ1n) is 8.46. The van der Waals surface area contributed by atoms with Gasteiger partial charge in [-0.3, -0.25) is 0 Å². The van der Waals surface area contributed by atoms with Crippen LogP contribution in [0.25, 0.3) is 0 Å². The molecule has 0 atom stereocenters. The minimum atomic E-state index is -0.173. The molecular formula is C17H32. The fourth-order valence-electron chi connectivity index (χ4n) is 4.39. The predicted molar refractivity (Wildman–Crippen MR) is 76.1 cm³/mol. The highest BCUT2D eigenvalue weighted by atomic mass is 14.4. The highest BCUT2D eigenvalue weighted by Crippen LogP contribution is 2.48. The van der Waals surface area contributed by atoms with E-state index in [0.717, 1.165) is 0 Å². The second-order valence-corrected chi connectivity index (χ2v) is 7.38. The zero-order valence-corrected chi connectivity index (χ0v) is 12.2. The maximum Gasteiger partial charge on any atom is 0.0314 e. The van der Waals surface area contributed by atoms with Crippen LogP contribution in [0.2, 0.25) is 0 Å². The van der Waals surface area contributed by atoms with E-state index in [2.05, 4.69) is 20.8 Å². The normalized spacial score (nSPS) is 26.9. The highest BCUT2D eigenvalue weighted by Gasteiger charge is 2.38. The largest absolute Gasteiger partial charge is 0.0599 e. The van der Waals surface area contributed by atoms with Crippen molar-refractivity contribution in [3.63, 3.8) is 0 Å². The van der Waals surface area contributed by atoms with Crippen LogP contribution in [0, 0.1) is 23.1 Å². The molecule has 0 saturated heterocycles. The fourth-order valence-corrected chi connectivity index (χ4v) is 4.39. The van der Waals surface area contributed by atoms with E-state index in [1.807, 2.05) is 0 Å². The van der Waals surface area contributed by atoms with E-state index in [9.17, 15) is 1.37 Å². The van der Waals surface area contributed by atoms with E-state index in [1.54, 1.807) is 0 Å². The lowest BCUT2D eigenvalue weighted by molar-refractivity contribution is 0.0468. The van der Waals surface area contributed by atoms with Gasteiger partial charge in [0.05, 0.1) is 0 Å².